The van der Waals surface area contributed by atoms with Crippen molar-refractivity contribution in [3.05, 3.63) is 65.5 Å². The second kappa shape index (κ2) is 7.53. The summed E-state index contributed by atoms with van der Waals surface area (Å²) in [6.07, 6.45) is 4.96. The number of fused-ring (bicyclic) bond motifs is 2. The van der Waals surface area contributed by atoms with Crippen molar-refractivity contribution in [1.82, 2.24) is 5.32 Å². The van der Waals surface area contributed by atoms with Gasteiger partial charge in [0.2, 0.25) is 5.91 Å². The Morgan fingerprint density at radius 1 is 1.00 bits per heavy atom. The highest BCUT2D eigenvalue weighted by Crippen LogP contribution is 2.53. The molecule has 0 saturated heterocycles. The molecule has 158 valence electrons. The summed E-state index contributed by atoms with van der Waals surface area (Å²) in [5.74, 6) is -0.783. The van der Waals surface area contributed by atoms with E-state index in [1.54, 1.807) is 4.90 Å². The third kappa shape index (κ3) is 3.51. The summed E-state index contributed by atoms with van der Waals surface area (Å²) in [5, 5.41) is 3.12. The van der Waals surface area contributed by atoms with Crippen LogP contribution >= 0.6 is 0 Å². The lowest BCUT2D eigenvalue weighted by molar-refractivity contribution is -0.125. The molecule has 5 heteroatoms. The minimum atomic E-state index is -0.619. The van der Waals surface area contributed by atoms with Gasteiger partial charge in [-0.05, 0) is 69.5 Å². The van der Waals surface area contributed by atoms with Crippen molar-refractivity contribution < 1.29 is 14.0 Å². The number of nitrogens with one attached hydrogen (secondary N) is 1. The van der Waals surface area contributed by atoms with Gasteiger partial charge in [0, 0.05) is 22.2 Å². The molecule has 1 saturated carbocycles. The van der Waals surface area contributed by atoms with Gasteiger partial charge in [0.1, 0.15) is 11.9 Å². The standard InChI is InChI=1S/C25H29FN2O2/c1-24(2,3)27-22(29)21-25(15-7-4-8-16-25)19-9-5-6-10-20(19)28(21)23(30)17-11-13-18(26)14-12-17/h5-6,9-14,21H,4,7-8,15-16H2,1-3H3,(H,27,29). The molecule has 4 nitrogen and oxygen atoms in total. The molecule has 1 aliphatic carbocycles. The van der Waals surface area contributed by atoms with Crippen molar-refractivity contribution in [1.29, 1.82) is 0 Å². The third-order valence-electron chi connectivity index (χ3n) is 6.28. The number of carbonyl (C=O) groups excluding carboxylic acids is 2. The molecule has 1 spiro atoms. The van der Waals surface area contributed by atoms with E-state index < -0.39 is 11.6 Å². The summed E-state index contributed by atoms with van der Waals surface area (Å²) in [7, 11) is 0. The van der Waals surface area contributed by atoms with Crippen LogP contribution in [0.25, 0.3) is 0 Å². The van der Waals surface area contributed by atoms with E-state index in [0.717, 1.165) is 43.4 Å². The first-order valence-electron chi connectivity index (χ1n) is 10.7. The number of benzene rings is 2. The van der Waals surface area contributed by atoms with Gasteiger partial charge < -0.3 is 5.32 Å². The van der Waals surface area contributed by atoms with Gasteiger partial charge in [-0.1, -0.05) is 37.5 Å². The molecule has 30 heavy (non-hydrogen) atoms. The van der Waals surface area contributed by atoms with Crippen LogP contribution in [-0.4, -0.2) is 23.4 Å². The van der Waals surface area contributed by atoms with E-state index in [1.165, 1.54) is 24.3 Å². The smallest absolute Gasteiger partial charge is 0.259 e. The average molecular weight is 409 g/mol. The maximum Gasteiger partial charge on any atom is 0.259 e. The van der Waals surface area contributed by atoms with Crippen LogP contribution in [0.3, 0.4) is 0 Å². The zero-order valence-corrected chi connectivity index (χ0v) is 17.9. The van der Waals surface area contributed by atoms with Crippen molar-refractivity contribution in [2.75, 3.05) is 4.90 Å². The predicted octanol–water partition coefficient (Wildman–Crippen LogP) is 4.97. The first-order chi connectivity index (χ1) is 14.2. The molecule has 4 rings (SSSR count). The molecule has 1 N–H and O–H groups in total. The molecule has 0 aromatic heterocycles. The average Bonchev–Trinajstić information content (AvgIpc) is 2.98. The van der Waals surface area contributed by atoms with Crippen molar-refractivity contribution in [2.45, 2.75) is 69.9 Å². The molecule has 2 aromatic rings. The van der Waals surface area contributed by atoms with E-state index in [1.807, 2.05) is 39.0 Å². The zero-order valence-electron chi connectivity index (χ0n) is 17.9. The Bertz CT molecular complexity index is 956. The van der Waals surface area contributed by atoms with E-state index in [9.17, 15) is 14.0 Å². The molecule has 2 amide bonds. The van der Waals surface area contributed by atoms with E-state index >= 15 is 0 Å². The van der Waals surface area contributed by atoms with E-state index in [2.05, 4.69) is 11.4 Å². The Hall–Kier alpha value is -2.69. The van der Waals surface area contributed by atoms with Gasteiger partial charge in [-0.25, -0.2) is 4.39 Å². The maximum atomic E-state index is 13.7. The maximum absolute atomic E-state index is 13.7. The lowest BCUT2D eigenvalue weighted by Crippen LogP contribution is -2.59. The first-order valence-corrected chi connectivity index (χ1v) is 10.7. The highest BCUT2D eigenvalue weighted by Gasteiger charge is 2.56. The van der Waals surface area contributed by atoms with Crippen LogP contribution in [0, 0.1) is 5.82 Å². The molecule has 0 bridgehead atoms. The molecule has 2 aromatic carbocycles. The van der Waals surface area contributed by atoms with Crippen LogP contribution in [0.15, 0.2) is 48.5 Å². The fourth-order valence-corrected chi connectivity index (χ4v) is 5.13. The topological polar surface area (TPSA) is 49.4 Å². The summed E-state index contributed by atoms with van der Waals surface area (Å²) < 4.78 is 13.5. The van der Waals surface area contributed by atoms with Crippen molar-refractivity contribution in [3.8, 4) is 0 Å². The molecule has 1 atom stereocenters. The van der Waals surface area contributed by atoms with Crippen LogP contribution in [0.2, 0.25) is 0 Å². The van der Waals surface area contributed by atoms with Crippen molar-refractivity contribution in [3.63, 3.8) is 0 Å². The number of halogens is 1. The Morgan fingerprint density at radius 2 is 1.63 bits per heavy atom. The van der Waals surface area contributed by atoms with Crippen molar-refractivity contribution >= 4 is 17.5 Å². The van der Waals surface area contributed by atoms with Gasteiger partial charge >= 0.3 is 0 Å². The Labute approximate surface area is 177 Å². The van der Waals surface area contributed by atoms with Crippen LogP contribution < -0.4 is 10.2 Å². The number of amides is 2. The van der Waals surface area contributed by atoms with Crippen LogP contribution in [-0.2, 0) is 10.2 Å². The van der Waals surface area contributed by atoms with E-state index in [4.69, 9.17) is 0 Å². The summed E-state index contributed by atoms with van der Waals surface area (Å²) in [5.41, 5.74) is 1.45. The molecular formula is C25H29FN2O2. The van der Waals surface area contributed by atoms with Crippen LogP contribution in [0.1, 0.15) is 68.8 Å². The normalized spacial score (nSPS) is 20.1. The third-order valence-corrected chi connectivity index (χ3v) is 6.28. The Balaban J connectivity index is 1.85. The van der Waals surface area contributed by atoms with Gasteiger partial charge in [0.15, 0.2) is 0 Å². The first kappa shape index (κ1) is 20.6. The van der Waals surface area contributed by atoms with Gasteiger partial charge in [-0.3, -0.25) is 14.5 Å². The number of carbonyl (C=O) groups is 2. The molecule has 1 unspecified atom stereocenters. The second-order valence-electron chi connectivity index (χ2n) is 9.56. The highest BCUT2D eigenvalue weighted by molar-refractivity contribution is 6.12. The lowest BCUT2D eigenvalue weighted by Gasteiger charge is -2.41. The van der Waals surface area contributed by atoms with Gasteiger partial charge in [0.25, 0.3) is 5.91 Å². The van der Waals surface area contributed by atoms with Gasteiger partial charge in [-0.2, -0.15) is 0 Å². The number of para-hydroxylation sites is 1. The van der Waals surface area contributed by atoms with Crippen LogP contribution in [0.5, 0.6) is 0 Å². The summed E-state index contributed by atoms with van der Waals surface area (Å²) in [4.78, 5) is 29.0. The number of hydrogen-bond acceptors (Lipinski definition) is 2. The SMILES string of the molecule is CC(C)(C)NC(=O)C1N(C(=O)c2ccc(F)cc2)c2ccccc2C12CCCCC2. The Morgan fingerprint density at radius 3 is 2.27 bits per heavy atom. The summed E-state index contributed by atoms with van der Waals surface area (Å²) >= 11 is 0. The number of anilines is 1. The number of hydrogen-bond donors (Lipinski definition) is 1. The molecule has 1 heterocycles. The predicted molar refractivity (Wildman–Crippen MR) is 116 cm³/mol. The van der Waals surface area contributed by atoms with Gasteiger partial charge in [-0.15, -0.1) is 0 Å². The summed E-state index contributed by atoms with van der Waals surface area (Å²) in [6, 6.07) is 12.8. The van der Waals surface area contributed by atoms with E-state index in [-0.39, 0.29) is 23.0 Å². The molecule has 1 fully saturated rings. The monoisotopic (exact) mass is 408 g/mol. The Kier molecular flexibility index (Phi) is 5.16. The minimum absolute atomic E-state index is 0.129. The van der Waals surface area contributed by atoms with Crippen molar-refractivity contribution in [2.24, 2.45) is 0 Å². The largest absolute Gasteiger partial charge is 0.350 e. The molecule has 1 aliphatic heterocycles. The van der Waals surface area contributed by atoms with E-state index in [0.29, 0.717) is 5.56 Å². The highest BCUT2D eigenvalue weighted by atomic mass is 19.1. The molecule has 2 aliphatic rings. The molecular weight excluding hydrogens is 379 g/mol. The second-order valence-corrected chi connectivity index (χ2v) is 9.56. The van der Waals surface area contributed by atoms with Gasteiger partial charge in [0.05, 0.1) is 0 Å². The lowest BCUT2D eigenvalue weighted by atomic mass is 9.66. The molecule has 0 radical (unpaired) electrons. The fraction of sp³-hybridized carbons (Fsp3) is 0.440. The number of nitrogens with zero attached hydrogens (tertiary/aromatic N) is 1. The zero-order chi connectivity index (χ0) is 21.5. The fourth-order valence-electron chi connectivity index (χ4n) is 5.13. The minimum Gasteiger partial charge on any atom is -0.350 e. The summed E-state index contributed by atoms with van der Waals surface area (Å²) in [6.45, 7) is 5.85. The van der Waals surface area contributed by atoms with Crippen LogP contribution in [0.4, 0.5) is 10.1 Å². The number of rotatable bonds is 2. The quantitative estimate of drug-likeness (QED) is 0.763.